The normalized spacial score (nSPS) is 12.8. The maximum Gasteiger partial charge on any atom is 0.184 e. The second-order valence-corrected chi connectivity index (χ2v) is 7.56. The molecule has 0 aliphatic rings. The fraction of sp³-hybridized carbons (Fsp3) is 1.00. The average molecular weight is 364 g/mol. The van der Waals surface area contributed by atoms with E-state index in [2.05, 4.69) is 6.92 Å². The number of hydroxylamine groups is 3. The Kier molecular flexibility index (Phi) is 20.1. The van der Waals surface area contributed by atoms with Crippen LogP contribution in [0.5, 0.6) is 0 Å². The van der Waals surface area contributed by atoms with E-state index in [0.717, 1.165) is 12.8 Å². The minimum Gasteiger partial charge on any atom is -0.870 e. The van der Waals surface area contributed by atoms with E-state index in [-0.39, 0.29) is 5.48 Å². The first kappa shape index (κ1) is 27.0. The summed E-state index contributed by atoms with van der Waals surface area (Å²) in [5.41, 5.74) is 0. The van der Waals surface area contributed by atoms with Gasteiger partial charge in [-0.1, -0.05) is 103 Å². The third-order valence-electron chi connectivity index (χ3n) is 5.07. The van der Waals surface area contributed by atoms with Crippen LogP contribution in [0.3, 0.4) is 0 Å². The molecular formula is C20H45NO4. The number of hydrogen-bond acceptors (Lipinski definition) is 4. The molecule has 0 heterocycles. The summed E-state index contributed by atoms with van der Waals surface area (Å²) in [6.07, 6.45) is 22.0. The molecule has 0 amide bonds. The molecule has 0 saturated heterocycles. The van der Waals surface area contributed by atoms with Gasteiger partial charge in [0.05, 0.1) is 4.97 Å². The van der Waals surface area contributed by atoms with Gasteiger partial charge in [0.1, 0.15) is 0 Å². The Hall–Kier alpha value is -0.200. The largest absolute Gasteiger partial charge is 0.870 e. The lowest BCUT2D eigenvalue weighted by atomic mass is 10.0. The zero-order valence-corrected chi connectivity index (χ0v) is 16.8. The standard InChI is InChI=1S/C20H44NO3.H2O/c1-3-4-5-6-7-8-9-10-11-12-13-14-15-16-17-18-19-20(2)21(22,23)24;/h20,22-24H,3-19H2,1-2H3;1H2/q+1;/p-1. The molecule has 0 rings (SSSR count). The van der Waals surface area contributed by atoms with Gasteiger partial charge in [-0.25, -0.2) is 0 Å². The van der Waals surface area contributed by atoms with Crippen molar-refractivity contribution in [1.82, 2.24) is 0 Å². The van der Waals surface area contributed by atoms with Crippen LogP contribution < -0.4 is 0 Å². The Morgan fingerprint density at radius 2 is 0.840 bits per heavy atom. The fourth-order valence-corrected chi connectivity index (χ4v) is 3.16. The lowest BCUT2D eigenvalue weighted by Gasteiger charge is -2.18. The van der Waals surface area contributed by atoms with Gasteiger partial charge in [0.25, 0.3) is 0 Å². The third kappa shape index (κ3) is 20.0. The Balaban J connectivity index is 0. The summed E-state index contributed by atoms with van der Waals surface area (Å²) >= 11 is 0. The zero-order valence-electron chi connectivity index (χ0n) is 16.8. The molecule has 1 atom stereocenters. The van der Waals surface area contributed by atoms with Gasteiger partial charge in [-0.3, -0.25) is 0 Å². The molecule has 4 N–H and O–H groups in total. The Labute approximate surface area is 155 Å². The van der Waals surface area contributed by atoms with E-state index in [1.165, 1.54) is 89.9 Å². The molecule has 0 aliphatic carbocycles. The molecule has 0 saturated carbocycles. The zero-order chi connectivity index (χ0) is 18.1. The monoisotopic (exact) mass is 363 g/mol. The molecule has 0 fully saturated rings. The van der Waals surface area contributed by atoms with Crippen molar-refractivity contribution in [2.75, 3.05) is 0 Å². The van der Waals surface area contributed by atoms with Gasteiger partial charge in [-0.15, -0.1) is 15.6 Å². The summed E-state index contributed by atoms with van der Waals surface area (Å²) in [5.74, 6) is 0. The molecule has 5 heteroatoms. The number of hydrogen-bond donors (Lipinski definition) is 3. The van der Waals surface area contributed by atoms with Gasteiger partial charge < -0.3 is 5.48 Å². The predicted molar refractivity (Wildman–Crippen MR) is 101 cm³/mol. The molecule has 0 aromatic carbocycles. The SMILES string of the molecule is CCCCCCCCCCCCCCCCCCC(C)[N+](O)(O)O.[OH-]. The first-order valence-corrected chi connectivity index (χ1v) is 10.6. The fourth-order valence-electron chi connectivity index (χ4n) is 3.16. The van der Waals surface area contributed by atoms with E-state index >= 15 is 0 Å². The van der Waals surface area contributed by atoms with Crippen LogP contribution in [-0.4, -0.2) is 32.1 Å². The summed E-state index contributed by atoms with van der Waals surface area (Å²) in [6.45, 7) is 3.92. The van der Waals surface area contributed by atoms with Gasteiger partial charge in [0.15, 0.2) is 6.04 Å². The van der Waals surface area contributed by atoms with Crippen molar-refractivity contribution in [1.29, 1.82) is 0 Å². The summed E-state index contributed by atoms with van der Waals surface area (Å²) in [6, 6.07) is -0.531. The number of quaternary nitrogens is 1. The minimum absolute atomic E-state index is 0. The van der Waals surface area contributed by atoms with Crippen molar-refractivity contribution in [3.8, 4) is 0 Å². The molecular weight excluding hydrogens is 318 g/mol. The molecule has 5 nitrogen and oxygen atoms in total. The highest BCUT2D eigenvalue weighted by molar-refractivity contribution is 4.51. The highest BCUT2D eigenvalue weighted by Crippen LogP contribution is 2.15. The van der Waals surface area contributed by atoms with Crippen molar-refractivity contribution in [2.45, 2.75) is 129 Å². The van der Waals surface area contributed by atoms with Gasteiger partial charge >= 0.3 is 0 Å². The van der Waals surface area contributed by atoms with Crippen LogP contribution in [0.2, 0.25) is 0 Å². The molecule has 0 radical (unpaired) electrons. The summed E-state index contributed by atoms with van der Waals surface area (Å²) in [7, 11) is 0. The van der Waals surface area contributed by atoms with E-state index < -0.39 is 11.0 Å². The van der Waals surface area contributed by atoms with Crippen molar-refractivity contribution in [3.05, 3.63) is 0 Å². The number of rotatable bonds is 18. The van der Waals surface area contributed by atoms with Crippen molar-refractivity contribution in [3.63, 3.8) is 0 Å². The van der Waals surface area contributed by atoms with Crippen LogP contribution in [0, 0.1) is 0 Å². The summed E-state index contributed by atoms with van der Waals surface area (Å²) in [4.78, 5) is -1.89. The van der Waals surface area contributed by atoms with E-state index in [9.17, 15) is 0 Å². The molecule has 0 spiro atoms. The van der Waals surface area contributed by atoms with Crippen LogP contribution in [0.25, 0.3) is 0 Å². The number of nitrogens with zero attached hydrogens (tertiary/aromatic N) is 1. The van der Waals surface area contributed by atoms with Crippen LogP contribution >= 0.6 is 0 Å². The molecule has 25 heavy (non-hydrogen) atoms. The maximum absolute atomic E-state index is 8.96. The van der Waals surface area contributed by atoms with Gasteiger partial charge in [0, 0.05) is 6.42 Å². The van der Waals surface area contributed by atoms with E-state index in [1.807, 2.05) is 0 Å². The van der Waals surface area contributed by atoms with Crippen LogP contribution in [-0.2, 0) is 0 Å². The van der Waals surface area contributed by atoms with E-state index in [0.29, 0.717) is 6.42 Å². The van der Waals surface area contributed by atoms with Crippen molar-refractivity contribution < 1.29 is 26.1 Å². The average Bonchev–Trinajstić information content (AvgIpc) is 2.53. The second-order valence-electron chi connectivity index (χ2n) is 7.56. The lowest BCUT2D eigenvalue weighted by molar-refractivity contribution is -1.38. The van der Waals surface area contributed by atoms with Gasteiger partial charge in [0.2, 0.25) is 0 Å². The Bertz CT molecular complexity index is 257. The molecule has 0 bridgehead atoms. The smallest absolute Gasteiger partial charge is 0.184 e. The third-order valence-corrected chi connectivity index (χ3v) is 5.07. The highest BCUT2D eigenvalue weighted by atomic mass is 17.1. The van der Waals surface area contributed by atoms with Crippen LogP contribution in [0.4, 0.5) is 0 Å². The number of unbranched alkanes of at least 4 members (excludes halogenated alkanes) is 15. The molecule has 1 unspecified atom stereocenters. The Morgan fingerprint density at radius 3 is 1.12 bits per heavy atom. The van der Waals surface area contributed by atoms with Gasteiger partial charge in [-0.05, 0) is 13.3 Å². The van der Waals surface area contributed by atoms with E-state index in [4.69, 9.17) is 15.6 Å². The lowest BCUT2D eigenvalue weighted by Crippen LogP contribution is -2.45. The topological polar surface area (TPSA) is 90.7 Å². The molecule has 0 aromatic heterocycles. The van der Waals surface area contributed by atoms with Gasteiger partial charge in [-0.2, -0.15) is 0 Å². The van der Waals surface area contributed by atoms with E-state index in [1.54, 1.807) is 6.92 Å². The maximum atomic E-state index is 8.96. The quantitative estimate of drug-likeness (QED) is 0.141. The summed E-state index contributed by atoms with van der Waals surface area (Å²) < 4.78 is 0. The molecule has 154 valence electrons. The van der Waals surface area contributed by atoms with Crippen molar-refractivity contribution in [2.24, 2.45) is 0 Å². The summed E-state index contributed by atoms with van der Waals surface area (Å²) in [5, 5.41) is 26.9. The molecule has 0 aromatic rings. The van der Waals surface area contributed by atoms with Crippen LogP contribution in [0.15, 0.2) is 0 Å². The molecule has 0 aliphatic heterocycles. The van der Waals surface area contributed by atoms with Crippen LogP contribution in [0.1, 0.15) is 123 Å². The first-order chi connectivity index (χ1) is 11.5. The highest BCUT2D eigenvalue weighted by Gasteiger charge is 2.28. The Morgan fingerprint density at radius 1 is 0.560 bits per heavy atom. The first-order valence-electron chi connectivity index (χ1n) is 10.6. The van der Waals surface area contributed by atoms with Crippen molar-refractivity contribution >= 4 is 0 Å². The second kappa shape index (κ2) is 18.6. The predicted octanol–water partition coefficient (Wildman–Crippen LogP) is 6.83. The minimum atomic E-state index is -1.89.